The van der Waals surface area contributed by atoms with Crippen LogP contribution in [0.25, 0.3) is 5.65 Å². The first-order chi connectivity index (χ1) is 10.1. The molecular weight excluding hydrogens is 272 g/mol. The van der Waals surface area contributed by atoms with Crippen LogP contribution in [0.1, 0.15) is 10.5 Å². The molecule has 0 amide bonds. The summed E-state index contributed by atoms with van der Waals surface area (Å²) < 4.78 is 7.23. The topological polar surface area (TPSA) is 79.1 Å². The van der Waals surface area contributed by atoms with E-state index in [1.165, 1.54) is 0 Å². The van der Waals surface area contributed by atoms with E-state index in [0.717, 1.165) is 13.1 Å². The van der Waals surface area contributed by atoms with Gasteiger partial charge >= 0.3 is 5.97 Å². The third kappa shape index (κ3) is 2.84. The molecule has 2 aromatic heterocycles. The molecule has 0 bridgehead atoms. The van der Waals surface area contributed by atoms with Crippen molar-refractivity contribution in [2.24, 2.45) is 0 Å². The summed E-state index contributed by atoms with van der Waals surface area (Å²) in [6.07, 6.45) is 1.73. The summed E-state index contributed by atoms with van der Waals surface area (Å²) in [5, 5.41) is 12.5. The minimum absolute atomic E-state index is 0.0372. The molecule has 0 spiro atoms. The number of nitrogens with zero attached hydrogens (tertiary/aromatic N) is 3. The van der Waals surface area contributed by atoms with E-state index in [9.17, 15) is 9.90 Å². The summed E-state index contributed by atoms with van der Waals surface area (Å²) in [4.78, 5) is 18.0. The van der Waals surface area contributed by atoms with E-state index in [-0.39, 0.29) is 11.8 Å². The first kappa shape index (κ1) is 13.8. The lowest BCUT2D eigenvalue weighted by Gasteiger charge is -2.30. The number of carbonyl (C=O) groups is 1. The maximum atomic E-state index is 11.5. The van der Waals surface area contributed by atoms with Crippen molar-refractivity contribution in [2.45, 2.75) is 6.10 Å². The van der Waals surface area contributed by atoms with Gasteiger partial charge in [0.15, 0.2) is 11.5 Å². The Balaban J connectivity index is 1.80. The molecule has 7 heteroatoms. The van der Waals surface area contributed by atoms with Crippen molar-refractivity contribution in [1.82, 2.24) is 14.3 Å². The van der Waals surface area contributed by atoms with E-state index in [0.29, 0.717) is 24.6 Å². The lowest BCUT2D eigenvalue weighted by atomic mass is 10.3. The van der Waals surface area contributed by atoms with Gasteiger partial charge in [0.1, 0.15) is 5.65 Å². The molecule has 1 atom stereocenters. The van der Waals surface area contributed by atoms with Gasteiger partial charge in [-0.25, -0.2) is 9.78 Å². The fourth-order valence-corrected chi connectivity index (χ4v) is 2.52. The Hall–Kier alpha value is -2.12. The Morgan fingerprint density at radius 3 is 3.19 bits per heavy atom. The van der Waals surface area contributed by atoms with Crippen LogP contribution in [0.4, 0.5) is 5.82 Å². The van der Waals surface area contributed by atoms with Crippen LogP contribution in [0, 0.1) is 0 Å². The molecule has 2 N–H and O–H groups in total. The highest BCUT2D eigenvalue weighted by Crippen LogP contribution is 2.18. The molecule has 2 aromatic rings. The number of morpholine rings is 1. The molecular formula is C14H18N4O3. The van der Waals surface area contributed by atoms with Crippen LogP contribution in [0.15, 0.2) is 24.4 Å². The lowest BCUT2D eigenvalue weighted by molar-refractivity contribution is -0.0117. The van der Waals surface area contributed by atoms with Crippen molar-refractivity contribution in [3.8, 4) is 0 Å². The van der Waals surface area contributed by atoms with Gasteiger partial charge in [0.2, 0.25) is 0 Å². The number of fused-ring (bicyclic) bond motifs is 1. The maximum absolute atomic E-state index is 11.5. The maximum Gasteiger partial charge on any atom is 0.356 e. The first-order valence-corrected chi connectivity index (χ1v) is 6.89. The number of carboxylic acid groups (broad SMARTS) is 1. The molecule has 0 aromatic carbocycles. The predicted octanol–water partition coefficient (Wildman–Crippen LogP) is 0.775. The van der Waals surface area contributed by atoms with Crippen molar-refractivity contribution >= 4 is 17.4 Å². The summed E-state index contributed by atoms with van der Waals surface area (Å²) >= 11 is 0. The SMILES string of the molecule is CN1CCOC(CNc2nc3ccccn3c2C(=O)O)C1. The molecule has 1 aliphatic heterocycles. The van der Waals surface area contributed by atoms with Crippen LogP contribution >= 0.6 is 0 Å². The van der Waals surface area contributed by atoms with Gasteiger partial charge in [0.05, 0.1) is 12.7 Å². The average molecular weight is 290 g/mol. The fourth-order valence-electron chi connectivity index (χ4n) is 2.52. The Bertz CT molecular complexity index is 655. The number of likely N-dealkylation sites (N-methyl/N-ethyl adjacent to an activating group) is 1. The molecule has 3 rings (SSSR count). The quantitative estimate of drug-likeness (QED) is 0.866. The second-order valence-electron chi connectivity index (χ2n) is 5.18. The van der Waals surface area contributed by atoms with Crippen molar-refractivity contribution < 1.29 is 14.6 Å². The second kappa shape index (κ2) is 5.71. The van der Waals surface area contributed by atoms with E-state index in [1.54, 1.807) is 22.7 Å². The molecule has 0 saturated carbocycles. The molecule has 1 saturated heterocycles. The zero-order valence-corrected chi connectivity index (χ0v) is 11.8. The smallest absolute Gasteiger partial charge is 0.356 e. The summed E-state index contributed by atoms with van der Waals surface area (Å²) in [5.74, 6) is -0.622. The van der Waals surface area contributed by atoms with Gasteiger partial charge in [-0.1, -0.05) is 6.07 Å². The third-order valence-electron chi connectivity index (χ3n) is 3.57. The van der Waals surface area contributed by atoms with Gasteiger partial charge in [0, 0.05) is 25.8 Å². The summed E-state index contributed by atoms with van der Waals surface area (Å²) in [6.45, 7) is 2.97. The van der Waals surface area contributed by atoms with Crippen molar-refractivity contribution in [1.29, 1.82) is 0 Å². The predicted molar refractivity (Wildman–Crippen MR) is 77.9 cm³/mol. The molecule has 1 unspecified atom stereocenters. The summed E-state index contributed by atoms with van der Waals surface area (Å²) in [6, 6.07) is 5.39. The van der Waals surface area contributed by atoms with Gasteiger partial charge in [-0.3, -0.25) is 4.40 Å². The lowest BCUT2D eigenvalue weighted by Crippen LogP contribution is -2.43. The number of anilines is 1. The van der Waals surface area contributed by atoms with Crippen molar-refractivity contribution in [3.05, 3.63) is 30.1 Å². The van der Waals surface area contributed by atoms with E-state index in [1.807, 2.05) is 13.1 Å². The number of aromatic carboxylic acids is 1. The van der Waals surface area contributed by atoms with Crippen molar-refractivity contribution in [3.63, 3.8) is 0 Å². The van der Waals surface area contributed by atoms with E-state index >= 15 is 0 Å². The van der Waals surface area contributed by atoms with Gasteiger partial charge in [-0.2, -0.15) is 0 Å². The van der Waals surface area contributed by atoms with Crippen LogP contribution < -0.4 is 5.32 Å². The molecule has 21 heavy (non-hydrogen) atoms. The number of aromatic nitrogens is 2. The summed E-state index contributed by atoms with van der Waals surface area (Å²) in [5.41, 5.74) is 0.758. The number of carboxylic acids is 1. The van der Waals surface area contributed by atoms with E-state index in [4.69, 9.17) is 4.74 Å². The highest BCUT2D eigenvalue weighted by Gasteiger charge is 2.21. The highest BCUT2D eigenvalue weighted by molar-refractivity contribution is 5.92. The molecule has 1 aliphatic rings. The summed E-state index contributed by atoms with van der Waals surface area (Å²) in [7, 11) is 2.04. The van der Waals surface area contributed by atoms with Crippen molar-refractivity contribution in [2.75, 3.05) is 38.6 Å². The number of rotatable bonds is 4. The number of nitrogens with one attached hydrogen (secondary N) is 1. The third-order valence-corrected chi connectivity index (χ3v) is 3.57. The fraction of sp³-hybridized carbons (Fsp3) is 0.429. The molecule has 112 valence electrons. The number of hydrogen-bond acceptors (Lipinski definition) is 5. The van der Waals surface area contributed by atoms with Gasteiger partial charge in [-0.15, -0.1) is 0 Å². The zero-order valence-electron chi connectivity index (χ0n) is 11.8. The molecule has 7 nitrogen and oxygen atoms in total. The molecule has 0 radical (unpaired) electrons. The number of pyridine rings is 1. The molecule has 1 fully saturated rings. The van der Waals surface area contributed by atoms with Crippen LogP contribution in [-0.4, -0.2) is 64.8 Å². The molecule has 0 aliphatic carbocycles. The standard InChI is InChI=1S/C14H18N4O3/c1-17-6-7-21-10(9-17)8-15-13-12(14(19)20)18-5-3-2-4-11(18)16-13/h2-5,10,15H,6-9H2,1H3,(H,19,20). The first-order valence-electron chi connectivity index (χ1n) is 6.89. The highest BCUT2D eigenvalue weighted by atomic mass is 16.5. The monoisotopic (exact) mass is 290 g/mol. The minimum Gasteiger partial charge on any atom is -0.476 e. The van der Waals surface area contributed by atoms with E-state index in [2.05, 4.69) is 15.2 Å². The van der Waals surface area contributed by atoms with Crippen LogP contribution in [0.3, 0.4) is 0 Å². The van der Waals surface area contributed by atoms with Gasteiger partial charge < -0.3 is 20.1 Å². The minimum atomic E-state index is -1.00. The van der Waals surface area contributed by atoms with Crippen LogP contribution in [-0.2, 0) is 4.74 Å². The number of ether oxygens (including phenoxy) is 1. The Kier molecular flexibility index (Phi) is 3.76. The Morgan fingerprint density at radius 2 is 2.43 bits per heavy atom. The second-order valence-corrected chi connectivity index (χ2v) is 5.18. The van der Waals surface area contributed by atoms with Crippen LogP contribution in [0.2, 0.25) is 0 Å². The van der Waals surface area contributed by atoms with E-state index < -0.39 is 5.97 Å². The Morgan fingerprint density at radius 1 is 1.57 bits per heavy atom. The van der Waals surface area contributed by atoms with Gasteiger partial charge in [0.25, 0.3) is 0 Å². The Labute approximate surface area is 122 Å². The average Bonchev–Trinajstić information content (AvgIpc) is 2.83. The zero-order chi connectivity index (χ0) is 14.8. The number of imidazole rings is 1. The normalized spacial score (nSPS) is 19.8. The number of hydrogen-bond donors (Lipinski definition) is 2. The molecule has 3 heterocycles. The van der Waals surface area contributed by atoms with Gasteiger partial charge in [-0.05, 0) is 19.2 Å². The van der Waals surface area contributed by atoms with Crippen LogP contribution in [0.5, 0.6) is 0 Å². The largest absolute Gasteiger partial charge is 0.476 e.